The van der Waals surface area contributed by atoms with E-state index in [1.54, 1.807) is 11.8 Å². The summed E-state index contributed by atoms with van der Waals surface area (Å²) >= 11 is 0. The molecule has 2 aromatic heterocycles. The highest BCUT2D eigenvalue weighted by Crippen LogP contribution is 2.35. The summed E-state index contributed by atoms with van der Waals surface area (Å²) in [5.74, 6) is -1.51. The number of nitrogens with one attached hydrogen (secondary N) is 3. The van der Waals surface area contributed by atoms with Gasteiger partial charge in [-0.3, -0.25) is 5.32 Å². The van der Waals surface area contributed by atoms with Crippen molar-refractivity contribution >= 4 is 23.9 Å². The first kappa shape index (κ1) is 27.7. The molecule has 216 valence electrons. The number of fused-ring (bicyclic) bond motifs is 1. The molecule has 5 rings (SSSR count). The van der Waals surface area contributed by atoms with Gasteiger partial charge in [-0.25, -0.2) is 33.3 Å². The third-order valence-corrected chi connectivity index (χ3v) is 7.61. The maximum atomic E-state index is 15.0. The number of urea groups is 1. The van der Waals surface area contributed by atoms with E-state index in [9.17, 15) is 18.4 Å². The largest absolute Gasteiger partial charge is 0.477 e. The number of hydrogen-bond acceptors (Lipinski definition) is 10. The second-order valence-electron chi connectivity index (χ2n) is 10.3. The van der Waals surface area contributed by atoms with Gasteiger partial charge in [0.05, 0.1) is 19.0 Å². The monoisotopic (exact) mass is 561 g/mol. The molecule has 3 N–H and O–H groups in total. The van der Waals surface area contributed by atoms with Gasteiger partial charge in [0, 0.05) is 44.9 Å². The van der Waals surface area contributed by atoms with E-state index in [4.69, 9.17) is 9.47 Å². The van der Waals surface area contributed by atoms with Gasteiger partial charge in [0.25, 0.3) is 5.92 Å². The van der Waals surface area contributed by atoms with Crippen LogP contribution >= 0.6 is 0 Å². The van der Waals surface area contributed by atoms with Crippen LogP contribution in [0.15, 0.2) is 24.7 Å². The van der Waals surface area contributed by atoms with E-state index >= 15 is 0 Å². The summed E-state index contributed by atoms with van der Waals surface area (Å²) in [6, 6.07) is -0.772. The second kappa shape index (κ2) is 11.7. The minimum absolute atomic E-state index is 0.0106. The molecule has 0 spiro atoms. The number of aromatic nitrogens is 4. The number of ether oxygens (including phenoxy) is 2. The van der Waals surface area contributed by atoms with Crippen molar-refractivity contribution in [2.24, 2.45) is 11.8 Å². The number of likely N-dealkylation sites (N-methyl/N-ethyl adjacent to an activating group) is 1. The number of carbonyl (C=O) groups excluding carboxylic acids is 2. The maximum absolute atomic E-state index is 15.0. The molecule has 2 aromatic rings. The summed E-state index contributed by atoms with van der Waals surface area (Å²) in [6.45, 7) is 3.86. The Morgan fingerprint density at radius 3 is 2.65 bits per heavy atom. The van der Waals surface area contributed by atoms with Crippen LogP contribution in [0.4, 0.5) is 30.1 Å². The molecule has 3 amide bonds. The molecule has 0 bridgehead atoms. The summed E-state index contributed by atoms with van der Waals surface area (Å²) in [5, 5.41) is 8.75. The number of nitrogens with zero attached hydrogens (tertiary/aromatic N) is 6. The lowest BCUT2D eigenvalue weighted by molar-refractivity contribution is -0.0760. The first-order chi connectivity index (χ1) is 19.2. The van der Waals surface area contributed by atoms with Gasteiger partial charge in [0.15, 0.2) is 5.82 Å². The maximum Gasteiger partial charge on any atom is 0.414 e. The van der Waals surface area contributed by atoms with Gasteiger partial charge >= 0.3 is 12.1 Å². The van der Waals surface area contributed by atoms with E-state index < -0.39 is 30.5 Å². The topological polar surface area (TPSA) is 147 Å². The normalized spacial score (nSPS) is 25.1. The molecular formula is C25H33F2N9O4. The molecule has 4 heterocycles. The van der Waals surface area contributed by atoms with E-state index in [2.05, 4.69) is 35.9 Å². The molecule has 40 heavy (non-hydrogen) atoms. The van der Waals surface area contributed by atoms with Gasteiger partial charge < -0.3 is 29.9 Å². The smallest absolute Gasteiger partial charge is 0.414 e. The molecule has 0 radical (unpaired) electrons. The van der Waals surface area contributed by atoms with Crippen molar-refractivity contribution in [2.75, 3.05) is 50.1 Å². The van der Waals surface area contributed by atoms with Gasteiger partial charge in [0.2, 0.25) is 17.7 Å². The van der Waals surface area contributed by atoms with Crippen molar-refractivity contribution in [3.8, 4) is 11.8 Å². The standard InChI is InChI=1S/C25H33F2N9O4/c1-3-39-21-13-30-19(12-31-21)33-23(37)35(2)18-14-36(7-5-25(18,26)27)22-29-6-4-20(34-22)40-24(38)32-17-8-15-10-28-11-16(15)9-17/h4,6,12-13,15-18,28H,3,5,7-11,14H2,1-2H3,(H,32,38)(H,30,33,37)/t15-,16+,17?,18-/m0/s1. The summed E-state index contributed by atoms with van der Waals surface area (Å²) in [6.07, 6.45) is 4.69. The van der Waals surface area contributed by atoms with Crippen LogP contribution in [-0.4, -0.2) is 94.8 Å². The zero-order chi connectivity index (χ0) is 28.3. The fourth-order valence-corrected chi connectivity index (χ4v) is 5.53. The van der Waals surface area contributed by atoms with Crippen molar-refractivity contribution in [3.05, 3.63) is 24.7 Å². The Morgan fingerprint density at radius 1 is 1.18 bits per heavy atom. The van der Waals surface area contributed by atoms with E-state index in [0.717, 1.165) is 30.8 Å². The van der Waals surface area contributed by atoms with E-state index in [1.165, 1.54) is 31.7 Å². The van der Waals surface area contributed by atoms with Crippen molar-refractivity contribution < 1.29 is 27.8 Å². The lowest BCUT2D eigenvalue weighted by Crippen LogP contribution is -2.60. The molecule has 15 heteroatoms. The quantitative estimate of drug-likeness (QED) is 0.459. The lowest BCUT2D eigenvalue weighted by atomic mass is 10.00. The summed E-state index contributed by atoms with van der Waals surface area (Å²) in [4.78, 5) is 44.3. The fraction of sp³-hybridized carbons (Fsp3) is 0.600. The number of piperidine rings is 1. The van der Waals surface area contributed by atoms with Crippen LogP contribution in [0.25, 0.3) is 0 Å². The summed E-state index contributed by atoms with van der Waals surface area (Å²) in [5.41, 5.74) is 0. The van der Waals surface area contributed by atoms with Crippen LogP contribution in [0.2, 0.25) is 0 Å². The number of hydrogen-bond donors (Lipinski definition) is 3. The highest BCUT2D eigenvalue weighted by molar-refractivity contribution is 5.88. The Bertz CT molecular complexity index is 1190. The van der Waals surface area contributed by atoms with Crippen LogP contribution < -0.4 is 30.3 Å². The molecule has 2 aliphatic heterocycles. The Hall–Kier alpha value is -3.88. The minimum Gasteiger partial charge on any atom is -0.477 e. The number of amides is 3. The number of carbonyl (C=O) groups is 2. The predicted molar refractivity (Wildman–Crippen MR) is 140 cm³/mol. The van der Waals surface area contributed by atoms with Gasteiger partial charge in [-0.2, -0.15) is 4.98 Å². The lowest BCUT2D eigenvalue weighted by Gasteiger charge is -2.42. The molecule has 3 aliphatic rings. The Morgan fingerprint density at radius 2 is 1.95 bits per heavy atom. The predicted octanol–water partition coefficient (Wildman–Crippen LogP) is 2.13. The van der Waals surface area contributed by atoms with Gasteiger partial charge in [-0.15, -0.1) is 0 Å². The number of anilines is 2. The first-order valence-corrected chi connectivity index (χ1v) is 13.4. The molecule has 13 nitrogen and oxygen atoms in total. The van der Waals surface area contributed by atoms with Crippen LogP contribution in [0, 0.1) is 11.8 Å². The molecule has 0 aromatic carbocycles. The zero-order valence-electron chi connectivity index (χ0n) is 22.3. The Labute approximate surface area is 230 Å². The van der Waals surface area contributed by atoms with Gasteiger partial charge in [-0.1, -0.05) is 0 Å². The van der Waals surface area contributed by atoms with Crippen molar-refractivity contribution in [2.45, 2.75) is 44.2 Å². The first-order valence-electron chi connectivity index (χ1n) is 13.4. The number of rotatable bonds is 7. The number of halogens is 2. The van der Waals surface area contributed by atoms with E-state index in [-0.39, 0.29) is 42.7 Å². The minimum atomic E-state index is -3.16. The SMILES string of the molecule is CCOc1cnc(NC(=O)N(C)[C@H]2CN(c3nccc(OC(=O)NC4C[C@H]5CNC[C@H]5C4)n3)CCC2(F)F)cn1. The Kier molecular flexibility index (Phi) is 8.09. The molecule has 2 saturated heterocycles. The number of alkyl halides is 2. The van der Waals surface area contributed by atoms with Crippen LogP contribution in [0.5, 0.6) is 11.8 Å². The van der Waals surface area contributed by atoms with Crippen molar-refractivity contribution in [1.29, 1.82) is 0 Å². The van der Waals surface area contributed by atoms with Gasteiger partial charge in [-0.05, 0) is 44.7 Å². The molecule has 4 atom stereocenters. The third kappa shape index (κ3) is 6.29. The molecular weight excluding hydrogens is 528 g/mol. The average Bonchev–Trinajstić information content (AvgIpc) is 3.51. The summed E-state index contributed by atoms with van der Waals surface area (Å²) < 4.78 is 40.5. The van der Waals surface area contributed by atoms with Gasteiger partial charge in [0.1, 0.15) is 6.04 Å². The molecule has 1 unspecified atom stereocenters. The van der Waals surface area contributed by atoms with Crippen LogP contribution in [0.3, 0.4) is 0 Å². The van der Waals surface area contributed by atoms with Crippen molar-refractivity contribution in [3.63, 3.8) is 0 Å². The van der Waals surface area contributed by atoms with Crippen molar-refractivity contribution in [1.82, 2.24) is 35.5 Å². The Balaban J connectivity index is 1.19. The molecule has 1 saturated carbocycles. The average molecular weight is 562 g/mol. The summed E-state index contributed by atoms with van der Waals surface area (Å²) in [7, 11) is 1.29. The van der Waals surface area contributed by atoms with E-state index in [1.807, 2.05) is 0 Å². The van der Waals surface area contributed by atoms with E-state index in [0.29, 0.717) is 18.4 Å². The third-order valence-electron chi connectivity index (χ3n) is 7.61. The fourth-order valence-electron chi connectivity index (χ4n) is 5.53. The second-order valence-corrected chi connectivity index (χ2v) is 10.3. The zero-order valence-corrected chi connectivity index (χ0v) is 22.3. The van der Waals surface area contributed by atoms with Crippen LogP contribution in [0.1, 0.15) is 26.2 Å². The molecule has 1 aliphatic carbocycles. The molecule has 3 fully saturated rings. The highest BCUT2D eigenvalue weighted by Gasteiger charge is 2.48. The highest BCUT2D eigenvalue weighted by atomic mass is 19.3. The van der Waals surface area contributed by atoms with Crippen LogP contribution in [-0.2, 0) is 0 Å².